The van der Waals surface area contributed by atoms with Crippen molar-refractivity contribution in [2.75, 3.05) is 7.05 Å². The zero-order valence-corrected chi connectivity index (χ0v) is 13.5. The molecule has 0 fully saturated rings. The van der Waals surface area contributed by atoms with Crippen LogP contribution >= 0.6 is 31.9 Å². The number of hydrogen-bond donors (Lipinski definition) is 1. The third-order valence-electron chi connectivity index (χ3n) is 2.93. The molecule has 0 heterocycles. The minimum atomic E-state index is -0.798. The number of benzene rings is 2. The molecule has 0 spiro atoms. The number of nitrogens with one attached hydrogen (secondary N) is 1. The lowest BCUT2D eigenvalue weighted by atomic mass is 9.97. The molecule has 0 aliphatic heterocycles. The van der Waals surface area contributed by atoms with Gasteiger partial charge in [0.25, 0.3) is 0 Å². The summed E-state index contributed by atoms with van der Waals surface area (Å²) in [6.07, 6.45) is 0. The lowest BCUT2D eigenvalue weighted by Gasteiger charge is -2.20. The Morgan fingerprint density at radius 1 is 0.950 bits per heavy atom. The Kier molecular flexibility index (Phi) is 4.88. The standard InChI is InChI=1S/C14H10Br2F3N/c1-20-14(13-8(15)3-2-4-10(13)17)7-5-12(19)9(16)6-11(7)18/h2-6,14,20H,1H3. The Labute approximate surface area is 131 Å². The van der Waals surface area contributed by atoms with Gasteiger partial charge in [0, 0.05) is 15.6 Å². The van der Waals surface area contributed by atoms with Gasteiger partial charge in [0.15, 0.2) is 0 Å². The molecule has 0 aliphatic rings. The molecule has 6 heteroatoms. The summed E-state index contributed by atoms with van der Waals surface area (Å²) >= 11 is 6.16. The summed E-state index contributed by atoms with van der Waals surface area (Å²) in [7, 11) is 1.56. The van der Waals surface area contributed by atoms with Crippen molar-refractivity contribution in [1.82, 2.24) is 5.32 Å². The molecule has 2 rings (SSSR count). The summed E-state index contributed by atoms with van der Waals surface area (Å²) in [6.45, 7) is 0. The van der Waals surface area contributed by atoms with Crippen molar-refractivity contribution in [2.45, 2.75) is 6.04 Å². The van der Waals surface area contributed by atoms with E-state index in [0.29, 0.717) is 4.47 Å². The fourth-order valence-electron chi connectivity index (χ4n) is 2.00. The lowest BCUT2D eigenvalue weighted by molar-refractivity contribution is 0.534. The quantitative estimate of drug-likeness (QED) is 0.709. The summed E-state index contributed by atoms with van der Waals surface area (Å²) in [5.41, 5.74) is 0.273. The molecule has 0 radical (unpaired) electrons. The maximum atomic E-state index is 14.0. The maximum absolute atomic E-state index is 14.0. The zero-order chi connectivity index (χ0) is 14.9. The number of hydrogen-bond acceptors (Lipinski definition) is 1. The van der Waals surface area contributed by atoms with Crippen molar-refractivity contribution in [2.24, 2.45) is 0 Å². The Bertz CT molecular complexity index is 626. The van der Waals surface area contributed by atoms with Gasteiger partial charge in [-0.3, -0.25) is 0 Å². The van der Waals surface area contributed by atoms with Gasteiger partial charge in [-0.05, 0) is 47.2 Å². The van der Waals surface area contributed by atoms with E-state index in [1.54, 1.807) is 13.1 Å². The summed E-state index contributed by atoms with van der Waals surface area (Å²) in [6, 6.07) is 5.75. The molecule has 0 amide bonds. The lowest BCUT2D eigenvalue weighted by Crippen LogP contribution is -2.21. The molecule has 1 unspecified atom stereocenters. The second kappa shape index (κ2) is 6.28. The average molecular weight is 409 g/mol. The highest BCUT2D eigenvalue weighted by Crippen LogP contribution is 2.33. The summed E-state index contributed by atoms with van der Waals surface area (Å²) in [5, 5.41) is 2.81. The molecule has 0 aromatic heterocycles. The highest BCUT2D eigenvalue weighted by Gasteiger charge is 2.23. The van der Waals surface area contributed by atoms with Gasteiger partial charge in [-0.2, -0.15) is 0 Å². The highest BCUT2D eigenvalue weighted by atomic mass is 79.9. The predicted octanol–water partition coefficient (Wildman–Crippen LogP) is 4.94. The molecule has 1 atom stereocenters. The van der Waals surface area contributed by atoms with Crippen LogP contribution in [0, 0.1) is 17.5 Å². The van der Waals surface area contributed by atoms with E-state index in [2.05, 4.69) is 37.2 Å². The molecule has 1 N–H and O–H groups in total. The van der Waals surface area contributed by atoms with Gasteiger partial charge in [-0.15, -0.1) is 0 Å². The van der Waals surface area contributed by atoms with Crippen LogP contribution in [0.15, 0.2) is 39.3 Å². The van der Waals surface area contributed by atoms with Crippen LogP contribution in [0.3, 0.4) is 0 Å². The first kappa shape index (κ1) is 15.5. The van der Waals surface area contributed by atoms with Crippen molar-refractivity contribution in [3.05, 3.63) is 67.9 Å². The molecule has 2 aromatic rings. The summed E-state index contributed by atoms with van der Waals surface area (Å²) < 4.78 is 42.2. The van der Waals surface area contributed by atoms with Crippen molar-refractivity contribution in [3.8, 4) is 0 Å². The van der Waals surface area contributed by atoms with Crippen LogP contribution in [0.1, 0.15) is 17.2 Å². The minimum Gasteiger partial charge on any atom is -0.309 e. The molecule has 0 saturated carbocycles. The number of halogens is 5. The third kappa shape index (κ3) is 2.92. The number of rotatable bonds is 3. The van der Waals surface area contributed by atoms with E-state index in [1.165, 1.54) is 12.1 Å². The molecule has 0 bridgehead atoms. The van der Waals surface area contributed by atoms with Gasteiger partial charge in [-0.25, -0.2) is 13.2 Å². The fraction of sp³-hybridized carbons (Fsp3) is 0.143. The van der Waals surface area contributed by atoms with Crippen molar-refractivity contribution < 1.29 is 13.2 Å². The van der Waals surface area contributed by atoms with E-state index in [1.807, 2.05) is 0 Å². The highest BCUT2D eigenvalue weighted by molar-refractivity contribution is 9.10. The van der Waals surface area contributed by atoms with Crippen LogP contribution in [0.5, 0.6) is 0 Å². The maximum Gasteiger partial charge on any atom is 0.137 e. The average Bonchev–Trinajstić information content (AvgIpc) is 2.39. The Morgan fingerprint density at radius 2 is 1.65 bits per heavy atom. The minimum absolute atomic E-state index is 0.0289. The summed E-state index contributed by atoms with van der Waals surface area (Å²) in [4.78, 5) is 0. The molecular formula is C14H10Br2F3N. The Hall–Kier alpha value is -0.850. The normalized spacial score (nSPS) is 12.5. The van der Waals surface area contributed by atoms with Gasteiger partial charge in [0.05, 0.1) is 10.5 Å². The monoisotopic (exact) mass is 407 g/mol. The van der Waals surface area contributed by atoms with Gasteiger partial charge in [0.1, 0.15) is 17.5 Å². The first-order valence-electron chi connectivity index (χ1n) is 5.71. The van der Waals surface area contributed by atoms with Crippen LogP contribution in [0.2, 0.25) is 0 Å². The Morgan fingerprint density at radius 3 is 2.25 bits per heavy atom. The topological polar surface area (TPSA) is 12.0 Å². The molecule has 1 nitrogen and oxygen atoms in total. The van der Waals surface area contributed by atoms with E-state index in [9.17, 15) is 13.2 Å². The van der Waals surface area contributed by atoms with Gasteiger partial charge < -0.3 is 5.32 Å². The molecule has 2 aromatic carbocycles. The molecular weight excluding hydrogens is 399 g/mol. The SMILES string of the molecule is CNC(c1cc(F)c(Br)cc1F)c1c(F)cccc1Br. The van der Waals surface area contributed by atoms with E-state index >= 15 is 0 Å². The molecule has 106 valence electrons. The van der Waals surface area contributed by atoms with Crippen LogP contribution in [-0.4, -0.2) is 7.05 Å². The molecule has 0 aliphatic carbocycles. The van der Waals surface area contributed by atoms with Crippen molar-refractivity contribution in [3.63, 3.8) is 0 Å². The van der Waals surface area contributed by atoms with Crippen LogP contribution in [0.25, 0.3) is 0 Å². The predicted molar refractivity (Wildman–Crippen MR) is 79.1 cm³/mol. The van der Waals surface area contributed by atoms with Crippen LogP contribution < -0.4 is 5.32 Å². The molecule has 20 heavy (non-hydrogen) atoms. The van der Waals surface area contributed by atoms with Crippen molar-refractivity contribution >= 4 is 31.9 Å². The second-order valence-corrected chi connectivity index (χ2v) is 5.85. The Balaban J connectivity index is 2.62. The molecule has 0 saturated heterocycles. The summed E-state index contributed by atoms with van der Waals surface area (Å²) in [5.74, 6) is -1.72. The van der Waals surface area contributed by atoms with Crippen molar-refractivity contribution in [1.29, 1.82) is 0 Å². The second-order valence-electron chi connectivity index (χ2n) is 4.14. The zero-order valence-electron chi connectivity index (χ0n) is 10.4. The largest absolute Gasteiger partial charge is 0.309 e. The smallest absolute Gasteiger partial charge is 0.137 e. The van der Waals surface area contributed by atoms with Gasteiger partial charge in [0.2, 0.25) is 0 Å². The van der Waals surface area contributed by atoms with Crippen LogP contribution in [0.4, 0.5) is 13.2 Å². The van der Waals surface area contributed by atoms with E-state index in [-0.39, 0.29) is 15.6 Å². The fourth-order valence-corrected chi connectivity index (χ4v) is 2.89. The van der Waals surface area contributed by atoms with Crippen LogP contribution in [-0.2, 0) is 0 Å². The first-order chi connectivity index (χ1) is 9.45. The third-order valence-corrected chi connectivity index (χ3v) is 4.23. The van der Waals surface area contributed by atoms with E-state index in [0.717, 1.165) is 12.1 Å². The van der Waals surface area contributed by atoms with Gasteiger partial charge in [-0.1, -0.05) is 22.0 Å². The first-order valence-corrected chi connectivity index (χ1v) is 7.30. The van der Waals surface area contributed by atoms with E-state index < -0.39 is 23.5 Å². The van der Waals surface area contributed by atoms with E-state index in [4.69, 9.17) is 0 Å². The van der Waals surface area contributed by atoms with Gasteiger partial charge >= 0.3 is 0 Å².